The van der Waals surface area contributed by atoms with Gasteiger partial charge in [-0.05, 0) is 35.1 Å². The highest BCUT2D eigenvalue weighted by molar-refractivity contribution is 7.09. The first kappa shape index (κ1) is 18.3. The van der Waals surface area contributed by atoms with Crippen molar-refractivity contribution in [1.29, 1.82) is 0 Å². The summed E-state index contributed by atoms with van der Waals surface area (Å²) in [4.78, 5) is 27.8. The third-order valence-corrected chi connectivity index (χ3v) is 5.15. The fourth-order valence-corrected chi connectivity index (χ4v) is 3.85. The SMILES string of the molecule is CC(C)CC(=O)C1=C(O)C(=O)N(Cc2cccs2)C1c1ccc(F)cc1. The Morgan fingerprint density at radius 3 is 2.54 bits per heavy atom. The van der Waals surface area contributed by atoms with Crippen molar-refractivity contribution >= 4 is 23.0 Å². The van der Waals surface area contributed by atoms with Gasteiger partial charge in [0.15, 0.2) is 11.5 Å². The molecule has 1 aliphatic rings. The number of hydrogen-bond donors (Lipinski definition) is 1. The van der Waals surface area contributed by atoms with Crippen LogP contribution < -0.4 is 0 Å². The quantitative estimate of drug-likeness (QED) is 0.817. The molecule has 1 aliphatic heterocycles. The zero-order valence-corrected chi connectivity index (χ0v) is 15.4. The average Bonchev–Trinajstić information content (AvgIpc) is 3.17. The van der Waals surface area contributed by atoms with Gasteiger partial charge in [0.1, 0.15) is 5.82 Å². The van der Waals surface area contributed by atoms with Crippen LogP contribution in [-0.2, 0) is 16.1 Å². The van der Waals surface area contributed by atoms with E-state index in [0.29, 0.717) is 5.56 Å². The van der Waals surface area contributed by atoms with E-state index in [-0.39, 0.29) is 30.2 Å². The maximum Gasteiger partial charge on any atom is 0.290 e. The number of amides is 1. The van der Waals surface area contributed by atoms with Gasteiger partial charge in [0.2, 0.25) is 0 Å². The van der Waals surface area contributed by atoms with E-state index in [9.17, 15) is 19.1 Å². The van der Waals surface area contributed by atoms with Gasteiger partial charge in [-0.15, -0.1) is 11.3 Å². The summed E-state index contributed by atoms with van der Waals surface area (Å²) in [6.45, 7) is 4.09. The molecule has 26 heavy (non-hydrogen) atoms. The molecule has 3 rings (SSSR count). The van der Waals surface area contributed by atoms with Gasteiger partial charge in [0, 0.05) is 11.3 Å². The summed E-state index contributed by atoms with van der Waals surface area (Å²) in [6.07, 6.45) is 0.233. The van der Waals surface area contributed by atoms with Crippen LogP contribution in [0, 0.1) is 11.7 Å². The first-order valence-electron chi connectivity index (χ1n) is 8.43. The van der Waals surface area contributed by atoms with E-state index in [1.807, 2.05) is 31.4 Å². The second-order valence-corrected chi connectivity index (χ2v) is 7.78. The monoisotopic (exact) mass is 373 g/mol. The molecule has 1 N–H and O–H groups in total. The van der Waals surface area contributed by atoms with Crippen molar-refractivity contribution in [3.63, 3.8) is 0 Å². The van der Waals surface area contributed by atoms with Gasteiger partial charge in [-0.25, -0.2) is 4.39 Å². The van der Waals surface area contributed by atoms with Gasteiger partial charge < -0.3 is 10.0 Å². The molecule has 0 saturated heterocycles. The number of ketones is 1. The highest BCUT2D eigenvalue weighted by Gasteiger charge is 2.43. The van der Waals surface area contributed by atoms with Crippen molar-refractivity contribution in [2.24, 2.45) is 5.92 Å². The molecular formula is C20H20FNO3S. The fourth-order valence-electron chi connectivity index (χ4n) is 3.14. The molecule has 136 valence electrons. The summed E-state index contributed by atoms with van der Waals surface area (Å²) in [5.41, 5.74) is 0.708. The zero-order chi connectivity index (χ0) is 18.8. The molecule has 2 aromatic rings. The minimum absolute atomic E-state index is 0.0955. The number of carbonyl (C=O) groups excluding carboxylic acids is 2. The second kappa shape index (κ2) is 7.41. The average molecular weight is 373 g/mol. The summed E-state index contributed by atoms with van der Waals surface area (Å²) in [5, 5.41) is 12.3. The van der Waals surface area contributed by atoms with Gasteiger partial charge in [-0.3, -0.25) is 9.59 Å². The Balaban J connectivity index is 2.03. The van der Waals surface area contributed by atoms with Crippen molar-refractivity contribution in [3.8, 4) is 0 Å². The van der Waals surface area contributed by atoms with Crippen molar-refractivity contribution < 1.29 is 19.1 Å². The summed E-state index contributed by atoms with van der Waals surface area (Å²) < 4.78 is 13.3. The van der Waals surface area contributed by atoms with Crippen molar-refractivity contribution in [2.75, 3.05) is 0 Å². The number of aliphatic hydroxyl groups is 1. The summed E-state index contributed by atoms with van der Waals surface area (Å²) in [6, 6.07) is 8.75. The number of rotatable bonds is 6. The van der Waals surface area contributed by atoms with E-state index in [1.165, 1.54) is 28.4 Å². The van der Waals surface area contributed by atoms with Crippen LogP contribution in [-0.4, -0.2) is 21.7 Å². The molecule has 2 heterocycles. The predicted molar refractivity (Wildman–Crippen MR) is 98.1 cm³/mol. The van der Waals surface area contributed by atoms with E-state index >= 15 is 0 Å². The van der Waals surface area contributed by atoms with Gasteiger partial charge in [0.05, 0.1) is 18.2 Å². The lowest BCUT2D eigenvalue weighted by Crippen LogP contribution is -2.30. The van der Waals surface area contributed by atoms with Crippen LogP contribution in [0.5, 0.6) is 0 Å². The van der Waals surface area contributed by atoms with Crippen LogP contribution in [0.15, 0.2) is 53.1 Å². The number of thiophene rings is 1. The molecule has 1 aromatic carbocycles. The molecule has 0 fully saturated rings. The number of Topliss-reactive ketones (excluding diaryl/α,β-unsaturated/α-hetero) is 1. The van der Waals surface area contributed by atoms with E-state index < -0.39 is 23.5 Å². The molecule has 6 heteroatoms. The number of benzene rings is 1. The van der Waals surface area contributed by atoms with Crippen LogP contribution in [0.3, 0.4) is 0 Å². The molecular weight excluding hydrogens is 353 g/mol. The topological polar surface area (TPSA) is 57.6 Å². The highest BCUT2D eigenvalue weighted by Crippen LogP contribution is 2.40. The van der Waals surface area contributed by atoms with Crippen LogP contribution in [0.1, 0.15) is 36.8 Å². The molecule has 0 aliphatic carbocycles. The first-order chi connectivity index (χ1) is 12.4. The van der Waals surface area contributed by atoms with E-state index in [4.69, 9.17) is 0 Å². The molecule has 1 unspecified atom stereocenters. The summed E-state index contributed by atoms with van der Waals surface area (Å²) in [5.74, 6) is -1.63. The summed E-state index contributed by atoms with van der Waals surface area (Å²) >= 11 is 1.49. The van der Waals surface area contributed by atoms with Crippen LogP contribution in [0.4, 0.5) is 4.39 Å². The summed E-state index contributed by atoms with van der Waals surface area (Å²) in [7, 11) is 0. The van der Waals surface area contributed by atoms with E-state index in [2.05, 4.69) is 0 Å². The lowest BCUT2D eigenvalue weighted by Gasteiger charge is -2.26. The normalized spacial score (nSPS) is 17.5. The number of hydrogen-bond acceptors (Lipinski definition) is 4. The zero-order valence-electron chi connectivity index (χ0n) is 14.6. The lowest BCUT2D eigenvalue weighted by atomic mass is 9.92. The molecule has 1 atom stereocenters. The Labute approximate surface area is 155 Å². The standard InChI is InChI=1S/C20H20FNO3S/c1-12(2)10-16(23)17-18(13-5-7-14(21)8-6-13)22(20(25)19(17)24)11-15-4-3-9-26-15/h3-9,12,18,24H,10-11H2,1-2H3. The minimum atomic E-state index is -0.712. The largest absolute Gasteiger partial charge is 0.503 e. The molecule has 0 bridgehead atoms. The molecule has 1 aromatic heterocycles. The Hall–Kier alpha value is -2.47. The third-order valence-electron chi connectivity index (χ3n) is 4.29. The Morgan fingerprint density at radius 1 is 1.27 bits per heavy atom. The minimum Gasteiger partial charge on any atom is -0.503 e. The predicted octanol–water partition coefficient (Wildman–Crippen LogP) is 4.40. The Bertz CT molecular complexity index is 840. The van der Waals surface area contributed by atoms with Gasteiger partial charge in [-0.1, -0.05) is 32.0 Å². The Morgan fingerprint density at radius 2 is 1.96 bits per heavy atom. The van der Waals surface area contributed by atoms with Crippen LogP contribution in [0.2, 0.25) is 0 Å². The Kier molecular flexibility index (Phi) is 5.23. The van der Waals surface area contributed by atoms with Crippen molar-refractivity contribution in [3.05, 3.63) is 69.4 Å². The number of halogens is 1. The molecule has 0 saturated carbocycles. The van der Waals surface area contributed by atoms with Crippen molar-refractivity contribution in [1.82, 2.24) is 4.90 Å². The van der Waals surface area contributed by atoms with Gasteiger partial charge >= 0.3 is 0 Å². The number of nitrogens with zero attached hydrogens (tertiary/aromatic N) is 1. The first-order valence-corrected chi connectivity index (χ1v) is 9.31. The highest BCUT2D eigenvalue weighted by atomic mass is 32.1. The van der Waals surface area contributed by atoms with E-state index in [1.54, 1.807) is 12.1 Å². The fraction of sp³-hybridized carbons (Fsp3) is 0.300. The smallest absolute Gasteiger partial charge is 0.290 e. The maximum absolute atomic E-state index is 13.3. The van der Waals surface area contributed by atoms with Crippen molar-refractivity contribution in [2.45, 2.75) is 32.9 Å². The molecule has 4 nitrogen and oxygen atoms in total. The van der Waals surface area contributed by atoms with E-state index in [0.717, 1.165) is 4.88 Å². The molecule has 0 spiro atoms. The van der Waals surface area contributed by atoms with Crippen LogP contribution in [0.25, 0.3) is 0 Å². The number of aliphatic hydroxyl groups excluding tert-OH is 1. The molecule has 1 amide bonds. The van der Waals surface area contributed by atoms with Gasteiger partial charge in [0.25, 0.3) is 5.91 Å². The third kappa shape index (κ3) is 3.55. The maximum atomic E-state index is 13.3. The number of carbonyl (C=O) groups is 2. The molecule has 0 radical (unpaired) electrons. The lowest BCUT2D eigenvalue weighted by molar-refractivity contribution is -0.130. The van der Waals surface area contributed by atoms with Crippen LogP contribution >= 0.6 is 11.3 Å². The second-order valence-electron chi connectivity index (χ2n) is 6.75. The van der Waals surface area contributed by atoms with Gasteiger partial charge in [-0.2, -0.15) is 0 Å².